The highest BCUT2D eigenvalue weighted by atomic mass is 16.7. The lowest BCUT2D eigenvalue weighted by atomic mass is 9.73. The molecule has 8 nitrogen and oxygen atoms in total. The summed E-state index contributed by atoms with van der Waals surface area (Å²) in [5, 5.41) is 22.6. The SMILES string of the molecule is COCCCC[C@@](O)(c1cccc2c1OC1(CCCCC1)O2)[C@@H]1CCCN(C(=O)[C@H]2C[C@@H](N)[C@@H](O)C2)C1. The smallest absolute Gasteiger partial charge is 0.251 e. The minimum atomic E-state index is -1.16. The van der Waals surface area contributed by atoms with Gasteiger partial charge < -0.3 is 35.1 Å². The highest BCUT2D eigenvalue weighted by Gasteiger charge is 2.49. The second-order valence-corrected chi connectivity index (χ2v) is 11.7. The summed E-state index contributed by atoms with van der Waals surface area (Å²) in [7, 11) is 1.70. The van der Waals surface area contributed by atoms with Crippen molar-refractivity contribution in [2.75, 3.05) is 26.8 Å². The molecule has 2 heterocycles. The molecular weight excluding hydrogens is 472 g/mol. The minimum absolute atomic E-state index is 0.0532. The number of benzene rings is 1. The lowest BCUT2D eigenvalue weighted by Crippen LogP contribution is -2.49. The van der Waals surface area contributed by atoms with Gasteiger partial charge in [0.25, 0.3) is 5.79 Å². The summed E-state index contributed by atoms with van der Waals surface area (Å²) >= 11 is 0. The number of carbonyl (C=O) groups excluding carboxylic acids is 1. The number of rotatable bonds is 8. The van der Waals surface area contributed by atoms with Gasteiger partial charge in [0, 0.05) is 63.1 Å². The fourth-order valence-electron chi connectivity index (χ4n) is 7.02. The largest absolute Gasteiger partial charge is 0.448 e. The number of aliphatic hydroxyl groups is 2. The highest BCUT2D eigenvalue weighted by Crippen LogP contribution is 2.52. The van der Waals surface area contributed by atoms with Crippen molar-refractivity contribution in [3.05, 3.63) is 23.8 Å². The van der Waals surface area contributed by atoms with Gasteiger partial charge in [0.15, 0.2) is 11.5 Å². The van der Waals surface area contributed by atoms with Crippen molar-refractivity contribution < 1.29 is 29.2 Å². The number of methoxy groups -OCH3 is 1. The number of nitrogens with zero attached hydrogens (tertiary/aromatic N) is 1. The molecule has 3 fully saturated rings. The number of aliphatic hydroxyl groups excluding tert-OH is 1. The van der Waals surface area contributed by atoms with E-state index in [-0.39, 0.29) is 23.8 Å². The van der Waals surface area contributed by atoms with Gasteiger partial charge in [-0.15, -0.1) is 0 Å². The molecule has 2 saturated carbocycles. The van der Waals surface area contributed by atoms with Crippen molar-refractivity contribution in [2.24, 2.45) is 17.6 Å². The van der Waals surface area contributed by atoms with E-state index < -0.39 is 17.5 Å². The molecule has 0 radical (unpaired) electrons. The molecule has 4 N–H and O–H groups in total. The van der Waals surface area contributed by atoms with E-state index in [0.717, 1.165) is 56.9 Å². The van der Waals surface area contributed by atoms with Gasteiger partial charge in [0.2, 0.25) is 5.91 Å². The van der Waals surface area contributed by atoms with E-state index in [9.17, 15) is 15.0 Å². The first-order chi connectivity index (χ1) is 17.8. The quantitative estimate of drug-likeness (QED) is 0.453. The van der Waals surface area contributed by atoms with Crippen LogP contribution in [-0.4, -0.2) is 65.8 Å². The molecular formula is C29H44N2O6. The summed E-state index contributed by atoms with van der Waals surface area (Å²) in [5.41, 5.74) is 5.62. The molecule has 1 spiro atoms. The fourth-order valence-corrected chi connectivity index (χ4v) is 7.02. The number of nitrogens with two attached hydrogens (primary N) is 1. The number of hydrogen-bond acceptors (Lipinski definition) is 7. The second kappa shape index (κ2) is 11.1. The number of likely N-dealkylation sites (tertiary alicyclic amines) is 1. The van der Waals surface area contributed by atoms with Gasteiger partial charge in [-0.05, 0) is 63.9 Å². The van der Waals surface area contributed by atoms with Crippen molar-refractivity contribution in [2.45, 2.75) is 101 Å². The third-order valence-electron chi connectivity index (χ3n) is 9.14. The van der Waals surface area contributed by atoms with Crippen LogP contribution in [-0.2, 0) is 15.1 Å². The Hall–Kier alpha value is -1.87. The Kier molecular flexibility index (Phi) is 8.01. The van der Waals surface area contributed by atoms with Crippen LogP contribution in [0.25, 0.3) is 0 Å². The van der Waals surface area contributed by atoms with Crippen molar-refractivity contribution in [1.29, 1.82) is 0 Å². The van der Waals surface area contributed by atoms with Gasteiger partial charge in [0.1, 0.15) is 0 Å². The van der Waals surface area contributed by atoms with Crippen LogP contribution >= 0.6 is 0 Å². The number of unbranched alkanes of at least 4 members (excludes halogenated alkanes) is 1. The second-order valence-electron chi connectivity index (χ2n) is 11.7. The summed E-state index contributed by atoms with van der Waals surface area (Å²) < 4.78 is 18.2. The zero-order chi connectivity index (χ0) is 26.0. The average molecular weight is 517 g/mol. The van der Waals surface area contributed by atoms with Gasteiger partial charge in [-0.1, -0.05) is 18.6 Å². The number of amides is 1. The first-order valence-corrected chi connectivity index (χ1v) is 14.3. The van der Waals surface area contributed by atoms with Crippen LogP contribution in [0.4, 0.5) is 0 Å². The molecule has 0 unspecified atom stereocenters. The summed E-state index contributed by atoms with van der Waals surface area (Å²) in [4.78, 5) is 15.3. The van der Waals surface area contributed by atoms with Crippen molar-refractivity contribution in [3.8, 4) is 11.5 Å². The molecule has 37 heavy (non-hydrogen) atoms. The summed E-state index contributed by atoms with van der Waals surface area (Å²) in [6.07, 6.45) is 9.22. The molecule has 0 aromatic heterocycles. The Bertz CT molecular complexity index is 940. The first kappa shape index (κ1) is 26.7. The van der Waals surface area contributed by atoms with Gasteiger partial charge in [-0.2, -0.15) is 0 Å². The van der Waals surface area contributed by atoms with Crippen LogP contribution in [0.2, 0.25) is 0 Å². The van der Waals surface area contributed by atoms with Crippen LogP contribution in [0.3, 0.4) is 0 Å². The zero-order valence-electron chi connectivity index (χ0n) is 22.2. The predicted octanol–water partition coefficient (Wildman–Crippen LogP) is 3.46. The number of piperidine rings is 1. The topological polar surface area (TPSA) is 114 Å². The molecule has 5 rings (SSSR count). The maximum atomic E-state index is 13.4. The van der Waals surface area contributed by atoms with Crippen molar-refractivity contribution in [1.82, 2.24) is 4.90 Å². The van der Waals surface area contributed by atoms with E-state index in [4.69, 9.17) is 19.9 Å². The van der Waals surface area contributed by atoms with Crippen molar-refractivity contribution in [3.63, 3.8) is 0 Å². The molecule has 2 aliphatic carbocycles. The number of fused-ring (bicyclic) bond motifs is 1. The Morgan fingerprint density at radius 3 is 2.73 bits per heavy atom. The van der Waals surface area contributed by atoms with Crippen LogP contribution in [0.5, 0.6) is 11.5 Å². The van der Waals surface area contributed by atoms with Crippen LogP contribution in [0.15, 0.2) is 18.2 Å². The normalized spacial score (nSPS) is 30.4. The molecule has 2 aliphatic heterocycles. The molecule has 8 heteroatoms. The average Bonchev–Trinajstić information content (AvgIpc) is 3.44. The fraction of sp³-hybridized carbons (Fsp3) is 0.759. The molecule has 4 aliphatic rings. The maximum absolute atomic E-state index is 13.4. The number of hydrogen-bond donors (Lipinski definition) is 3. The van der Waals surface area contributed by atoms with Crippen molar-refractivity contribution >= 4 is 5.91 Å². The lowest BCUT2D eigenvalue weighted by Gasteiger charge is -2.43. The Balaban J connectivity index is 1.40. The third kappa shape index (κ3) is 5.35. The predicted molar refractivity (Wildman–Crippen MR) is 139 cm³/mol. The van der Waals surface area contributed by atoms with Gasteiger partial charge in [0.05, 0.1) is 11.7 Å². The van der Waals surface area contributed by atoms with E-state index in [1.165, 1.54) is 6.42 Å². The summed E-state index contributed by atoms with van der Waals surface area (Å²) in [5.74, 6) is 0.439. The third-order valence-corrected chi connectivity index (χ3v) is 9.14. The lowest BCUT2D eigenvalue weighted by molar-refractivity contribution is -0.141. The van der Waals surface area contributed by atoms with Crippen LogP contribution in [0.1, 0.15) is 82.6 Å². The van der Waals surface area contributed by atoms with E-state index in [1.807, 2.05) is 23.1 Å². The zero-order valence-corrected chi connectivity index (χ0v) is 22.2. The first-order valence-electron chi connectivity index (χ1n) is 14.3. The Labute approximate surface area is 220 Å². The summed E-state index contributed by atoms with van der Waals surface area (Å²) in [6.45, 7) is 1.80. The standard InChI is InChI=1S/C29H44N2O6/c1-35-16-6-5-14-29(34,21-9-8-15-31(19-21)27(33)20-17-23(30)24(32)18-20)22-10-7-11-25-26(22)37-28(36-25)12-3-2-4-13-28/h7,10-11,20-21,23-24,32,34H,2-6,8-9,12-19,30H2,1H3/t20-,21+,23+,24-,29-/m0/s1. The Morgan fingerprint density at radius 1 is 1.19 bits per heavy atom. The Morgan fingerprint density at radius 2 is 2.00 bits per heavy atom. The number of para-hydroxylation sites is 1. The van der Waals surface area contributed by atoms with Crippen LogP contribution < -0.4 is 15.2 Å². The van der Waals surface area contributed by atoms with E-state index in [0.29, 0.717) is 50.5 Å². The van der Waals surface area contributed by atoms with E-state index in [2.05, 4.69) is 0 Å². The molecule has 1 amide bonds. The molecule has 0 bridgehead atoms. The van der Waals surface area contributed by atoms with Gasteiger partial charge >= 0.3 is 0 Å². The molecule has 1 aromatic carbocycles. The molecule has 1 saturated heterocycles. The molecule has 5 atom stereocenters. The van der Waals surface area contributed by atoms with Gasteiger partial charge in [-0.25, -0.2) is 0 Å². The summed E-state index contributed by atoms with van der Waals surface area (Å²) in [6, 6.07) is 5.53. The van der Waals surface area contributed by atoms with Gasteiger partial charge in [-0.3, -0.25) is 4.79 Å². The number of carbonyl (C=O) groups is 1. The van der Waals surface area contributed by atoms with E-state index >= 15 is 0 Å². The monoisotopic (exact) mass is 516 g/mol. The molecule has 1 aromatic rings. The minimum Gasteiger partial charge on any atom is -0.448 e. The highest BCUT2D eigenvalue weighted by molar-refractivity contribution is 5.79. The maximum Gasteiger partial charge on any atom is 0.251 e. The van der Waals surface area contributed by atoms with Crippen LogP contribution in [0, 0.1) is 11.8 Å². The molecule has 206 valence electrons. The number of ether oxygens (including phenoxy) is 3. The van der Waals surface area contributed by atoms with E-state index in [1.54, 1.807) is 7.11 Å².